The lowest BCUT2D eigenvalue weighted by Crippen LogP contribution is -2.33. The van der Waals surface area contributed by atoms with Gasteiger partial charge < -0.3 is 5.32 Å². The summed E-state index contributed by atoms with van der Waals surface area (Å²) in [6.07, 6.45) is 0. The average molecular weight is 435 g/mol. The summed E-state index contributed by atoms with van der Waals surface area (Å²) in [5, 5.41) is 3.40. The van der Waals surface area contributed by atoms with Crippen molar-refractivity contribution in [3.8, 4) is 0 Å². The van der Waals surface area contributed by atoms with Crippen LogP contribution in [0, 0.1) is 26.6 Å². The molecule has 0 fully saturated rings. The van der Waals surface area contributed by atoms with E-state index in [-0.39, 0.29) is 11.3 Å². The van der Waals surface area contributed by atoms with Gasteiger partial charge >= 0.3 is 0 Å². The van der Waals surface area contributed by atoms with E-state index < -0.39 is 17.6 Å². The third-order valence-corrected chi connectivity index (χ3v) is 5.48. The van der Waals surface area contributed by atoms with Gasteiger partial charge in [-0.15, -0.1) is 0 Å². The van der Waals surface area contributed by atoms with E-state index in [4.69, 9.17) is 11.6 Å². The van der Waals surface area contributed by atoms with Gasteiger partial charge in [0.25, 0.3) is 11.8 Å². The minimum Gasteiger partial charge on any atom is -0.350 e. The molecule has 1 N–H and O–H groups in total. The van der Waals surface area contributed by atoms with Gasteiger partial charge in [-0.2, -0.15) is 0 Å². The van der Waals surface area contributed by atoms with Crippen molar-refractivity contribution in [2.45, 2.75) is 20.8 Å². The second-order valence-electron chi connectivity index (χ2n) is 7.58. The predicted molar refractivity (Wildman–Crippen MR) is 122 cm³/mol. The first-order valence-electron chi connectivity index (χ1n) is 9.75. The van der Waals surface area contributed by atoms with Gasteiger partial charge in [0.1, 0.15) is 11.5 Å². The lowest BCUT2D eigenvalue weighted by Gasteiger charge is -2.18. The highest BCUT2D eigenvalue weighted by atomic mass is 35.5. The van der Waals surface area contributed by atoms with Crippen LogP contribution in [0.5, 0.6) is 0 Å². The number of aryl methyl sites for hydroxylation is 3. The Morgan fingerprint density at radius 3 is 2.35 bits per heavy atom. The second-order valence-corrected chi connectivity index (χ2v) is 8.02. The Morgan fingerprint density at radius 2 is 1.65 bits per heavy atom. The van der Waals surface area contributed by atoms with E-state index in [2.05, 4.69) is 5.32 Å². The number of halogens is 2. The first-order valence-corrected chi connectivity index (χ1v) is 10.1. The molecule has 1 aliphatic rings. The van der Waals surface area contributed by atoms with Gasteiger partial charge in [0.2, 0.25) is 0 Å². The predicted octanol–water partition coefficient (Wildman–Crippen LogP) is 5.80. The Labute approximate surface area is 185 Å². The summed E-state index contributed by atoms with van der Waals surface area (Å²) in [7, 11) is 0. The molecule has 0 saturated carbocycles. The fourth-order valence-electron chi connectivity index (χ4n) is 3.74. The summed E-state index contributed by atoms with van der Waals surface area (Å²) in [4.78, 5) is 28.2. The molecule has 3 aromatic carbocycles. The SMILES string of the molecule is Cc1ccc(C2=C(Nc3cccc(F)c3)C(=O)N(c3cc(Cl)ccc3C)C2=O)c(C)c1. The number of benzene rings is 3. The van der Waals surface area contributed by atoms with Crippen molar-refractivity contribution >= 4 is 40.4 Å². The van der Waals surface area contributed by atoms with Crippen LogP contribution < -0.4 is 10.2 Å². The maximum atomic E-state index is 13.7. The molecule has 4 nitrogen and oxygen atoms in total. The zero-order chi connectivity index (χ0) is 22.3. The largest absolute Gasteiger partial charge is 0.350 e. The van der Waals surface area contributed by atoms with Crippen LogP contribution in [-0.4, -0.2) is 11.8 Å². The Kier molecular flexibility index (Phi) is 5.38. The fraction of sp³-hybridized carbons (Fsp3) is 0.120. The van der Waals surface area contributed by atoms with Crippen molar-refractivity contribution in [2.75, 3.05) is 10.2 Å². The maximum absolute atomic E-state index is 13.7. The van der Waals surface area contributed by atoms with E-state index in [0.717, 1.165) is 21.6 Å². The number of imide groups is 1. The van der Waals surface area contributed by atoms with Gasteiger partial charge in [0.15, 0.2) is 0 Å². The van der Waals surface area contributed by atoms with E-state index in [1.54, 1.807) is 31.2 Å². The fourth-order valence-corrected chi connectivity index (χ4v) is 3.91. The highest BCUT2D eigenvalue weighted by Crippen LogP contribution is 2.37. The van der Waals surface area contributed by atoms with E-state index in [1.165, 1.54) is 18.2 Å². The van der Waals surface area contributed by atoms with Crippen molar-refractivity contribution in [1.29, 1.82) is 0 Å². The molecule has 31 heavy (non-hydrogen) atoms. The van der Waals surface area contributed by atoms with Crippen molar-refractivity contribution in [3.05, 3.63) is 99.5 Å². The minimum absolute atomic E-state index is 0.0990. The summed E-state index contributed by atoms with van der Waals surface area (Å²) >= 11 is 6.15. The molecule has 0 aromatic heterocycles. The third-order valence-electron chi connectivity index (χ3n) is 5.24. The molecule has 3 aromatic rings. The molecular weight excluding hydrogens is 415 g/mol. The monoisotopic (exact) mass is 434 g/mol. The van der Waals surface area contributed by atoms with Gasteiger partial charge in [-0.25, -0.2) is 9.29 Å². The summed E-state index contributed by atoms with van der Waals surface area (Å²) in [5.74, 6) is -1.42. The summed E-state index contributed by atoms with van der Waals surface area (Å²) in [5.41, 5.74) is 4.42. The lowest BCUT2D eigenvalue weighted by atomic mass is 9.97. The number of carbonyl (C=O) groups is 2. The van der Waals surface area contributed by atoms with Gasteiger partial charge in [0.05, 0.1) is 11.3 Å². The van der Waals surface area contributed by atoms with Crippen molar-refractivity contribution in [1.82, 2.24) is 0 Å². The van der Waals surface area contributed by atoms with Gasteiger partial charge in [-0.1, -0.05) is 47.5 Å². The molecule has 0 unspecified atom stereocenters. The number of hydrogen-bond donors (Lipinski definition) is 1. The molecule has 0 aliphatic carbocycles. The smallest absolute Gasteiger partial charge is 0.282 e. The second kappa shape index (κ2) is 8.00. The van der Waals surface area contributed by atoms with E-state index in [0.29, 0.717) is 22.0 Å². The number of rotatable bonds is 4. The van der Waals surface area contributed by atoms with Crippen LogP contribution in [0.4, 0.5) is 15.8 Å². The first kappa shape index (κ1) is 20.8. The molecule has 1 heterocycles. The Hall–Kier alpha value is -3.44. The van der Waals surface area contributed by atoms with Crippen LogP contribution in [0.1, 0.15) is 22.3 Å². The van der Waals surface area contributed by atoms with Crippen LogP contribution in [0.15, 0.2) is 66.4 Å². The van der Waals surface area contributed by atoms with E-state index >= 15 is 0 Å². The number of carbonyl (C=O) groups excluding carboxylic acids is 2. The molecule has 4 rings (SSSR count). The summed E-state index contributed by atoms with van der Waals surface area (Å²) in [6.45, 7) is 5.65. The van der Waals surface area contributed by atoms with Crippen LogP contribution >= 0.6 is 11.6 Å². The molecule has 1 aliphatic heterocycles. The average Bonchev–Trinajstić information content (AvgIpc) is 2.94. The van der Waals surface area contributed by atoms with Crippen LogP contribution in [-0.2, 0) is 9.59 Å². The van der Waals surface area contributed by atoms with Crippen LogP contribution in [0.3, 0.4) is 0 Å². The molecule has 0 atom stereocenters. The van der Waals surface area contributed by atoms with Crippen LogP contribution in [0.25, 0.3) is 5.57 Å². The lowest BCUT2D eigenvalue weighted by molar-refractivity contribution is -0.120. The molecule has 156 valence electrons. The zero-order valence-electron chi connectivity index (χ0n) is 17.3. The molecular formula is C25H20ClFN2O2. The number of nitrogens with one attached hydrogen (secondary N) is 1. The highest BCUT2D eigenvalue weighted by Gasteiger charge is 2.41. The maximum Gasteiger partial charge on any atom is 0.282 e. The zero-order valence-corrected chi connectivity index (χ0v) is 18.0. The third kappa shape index (κ3) is 3.84. The van der Waals surface area contributed by atoms with E-state index in [1.807, 2.05) is 32.0 Å². The van der Waals surface area contributed by atoms with Gasteiger partial charge in [-0.05, 0) is 67.8 Å². The Morgan fingerprint density at radius 1 is 0.871 bits per heavy atom. The topological polar surface area (TPSA) is 49.4 Å². The summed E-state index contributed by atoms with van der Waals surface area (Å²) < 4.78 is 13.7. The molecule has 0 bridgehead atoms. The quantitative estimate of drug-likeness (QED) is 0.528. The standard InChI is InChI=1S/C25H20ClFN2O2/c1-14-7-10-20(16(3)11-14)22-23(28-19-6-4-5-18(27)13-19)25(31)29(24(22)30)21-12-17(26)9-8-15(21)2/h4-13,28H,1-3H3. The molecule has 0 radical (unpaired) electrons. The normalized spacial score (nSPS) is 13.9. The highest BCUT2D eigenvalue weighted by molar-refractivity contribution is 6.46. The number of hydrogen-bond acceptors (Lipinski definition) is 3. The van der Waals surface area contributed by atoms with Crippen molar-refractivity contribution in [2.24, 2.45) is 0 Å². The van der Waals surface area contributed by atoms with E-state index in [9.17, 15) is 14.0 Å². The number of amides is 2. The van der Waals surface area contributed by atoms with Gasteiger partial charge in [-0.3, -0.25) is 9.59 Å². The van der Waals surface area contributed by atoms with Crippen molar-refractivity contribution < 1.29 is 14.0 Å². The first-order chi connectivity index (χ1) is 14.8. The molecule has 0 spiro atoms. The number of nitrogens with zero attached hydrogens (tertiary/aromatic N) is 1. The Bertz CT molecular complexity index is 1270. The molecule has 6 heteroatoms. The molecule has 2 amide bonds. The molecule has 0 saturated heterocycles. The summed E-state index contributed by atoms with van der Waals surface area (Å²) in [6, 6.07) is 16.5. The van der Waals surface area contributed by atoms with Crippen molar-refractivity contribution in [3.63, 3.8) is 0 Å². The Balaban J connectivity index is 1.89. The minimum atomic E-state index is -0.519. The van der Waals surface area contributed by atoms with Crippen LogP contribution in [0.2, 0.25) is 5.02 Å². The van der Waals surface area contributed by atoms with Gasteiger partial charge in [0, 0.05) is 10.7 Å². The number of anilines is 2.